The summed E-state index contributed by atoms with van der Waals surface area (Å²) in [5, 5.41) is 7.72. The van der Waals surface area contributed by atoms with Crippen molar-refractivity contribution in [2.24, 2.45) is 5.14 Å². The largest absolute Gasteiger partial charge is 0.444 e. The fraction of sp³-hybridized carbons (Fsp3) is 0.154. The summed E-state index contributed by atoms with van der Waals surface area (Å²) < 4.78 is 27.8. The van der Waals surface area contributed by atoms with Gasteiger partial charge < -0.3 is 9.73 Å². The molecule has 112 valence electrons. The molecular formula is C13H13BrN2O4S. The van der Waals surface area contributed by atoms with Gasteiger partial charge in [-0.15, -0.1) is 0 Å². The van der Waals surface area contributed by atoms with E-state index in [9.17, 15) is 13.2 Å². The molecule has 0 saturated heterocycles. The SMILES string of the molecule is NS(=O)(=O)c1ccc(CCNC(=O)c2ccc(Br)o2)cc1. The number of primary sulfonamides is 1. The summed E-state index contributed by atoms with van der Waals surface area (Å²) in [7, 11) is -3.67. The second-order valence-corrected chi connectivity index (χ2v) is 6.64. The van der Waals surface area contributed by atoms with E-state index >= 15 is 0 Å². The molecule has 0 bridgehead atoms. The lowest BCUT2D eigenvalue weighted by Gasteiger charge is -2.04. The van der Waals surface area contributed by atoms with Gasteiger partial charge >= 0.3 is 0 Å². The van der Waals surface area contributed by atoms with E-state index in [4.69, 9.17) is 9.56 Å². The lowest BCUT2D eigenvalue weighted by atomic mass is 10.1. The second kappa shape index (κ2) is 6.42. The van der Waals surface area contributed by atoms with Gasteiger partial charge in [-0.3, -0.25) is 4.79 Å². The average molecular weight is 373 g/mol. The van der Waals surface area contributed by atoms with Gasteiger partial charge in [0.2, 0.25) is 10.0 Å². The van der Waals surface area contributed by atoms with Crippen molar-refractivity contribution in [3.8, 4) is 0 Å². The van der Waals surface area contributed by atoms with Gasteiger partial charge in [-0.2, -0.15) is 0 Å². The highest BCUT2D eigenvalue weighted by Crippen LogP contribution is 2.14. The Morgan fingerprint density at radius 3 is 2.38 bits per heavy atom. The summed E-state index contributed by atoms with van der Waals surface area (Å²) in [6.45, 7) is 0.409. The molecule has 2 aromatic rings. The van der Waals surface area contributed by atoms with Crippen molar-refractivity contribution in [3.05, 3.63) is 52.4 Å². The van der Waals surface area contributed by atoms with Gasteiger partial charge in [0.1, 0.15) is 0 Å². The Morgan fingerprint density at radius 1 is 1.19 bits per heavy atom. The fourth-order valence-corrected chi connectivity index (χ4v) is 2.51. The third kappa shape index (κ3) is 4.42. The fourth-order valence-electron chi connectivity index (χ4n) is 1.69. The Bertz CT molecular complexity index is 738. The molecule has 0 fully saturated rings. The van der Waals surface area contributed by atoms with Crippen LogP contribution in [0.4, 0.5) is 0 Å². The second-order valence-electron chi connectivity index (χ2n) is 4.30. The van der Waals surface area contributed by atoms with Gasteiger partial charge in [0.15, 0.2) is 10.4 Å². The first-order chi connectivity index (χ1) is 9.86. The summed E-state index contributed by atoms with van der Waals surface area (Å²) >= 11 is 3.12. The van der Waals surface area contributed by atoms with Gasteiger partial charge in [-0.25, -0.2) is 13.6 Å². The van der Waals surface area contributed by atoms with Crippen molar-refractivity contribution >= 4 is 31.9 Å². The number of carbonyl (C=O) groups excluding carboxylic acids is 1. The summed E-state index contributed by atoms with van der Waals surface area (Å²) in [5.41, 5.74) is 0.892. The minimum Gasteiger partial charge on any atom is -0.444 e. The molecule has 0 unspecified atom stereocenters. The predicted molar refractivity (Wildman–Crippen MR) is 80.3 cm³/mol. The van der Waals surface area contributed by atoms with Crippen LogP contribution in [0.2, 0.25) is 0 Å². The number of amides is 1. The zero-order valence-corrected chi connectivity index (χ0v) is 13.3. The van der Waals surface area contributed by atoms with Crippen LogP contribution in [0.3, 0.4) is 0 Å². The lowest BCUT2D eigenvalue weighted by molar-refractivity contribution is 0.0925. The number of rotatable bonds is 5. The number of hydrogen-bond donors (Lipinski definition) is 2. The number of furan rings is 1. The van der Waals surface area contributed by atoms with Crippen LogP contribution in [-0.2, 0) is 16.4 Å². The molecule has 6 nitrogen and oxygen atoms in total. The van der Waals surface area contributed by atoms with Crippen LogP contribution in [-0.4, -0.2) is 20.9 Å². The summed E-state index contributed by atoms with van der Waals surface area (Å²) in [5.74, 6) is -0.0756. The highest BCUT2D eigenvalue weighted by Gasteiger charge is 2.10. The van der Waals surface area contributed by atoms with Crippen molar-refractivity contribution in [3.63, 3.8) is 0 Å². The Hall–Kier alpha value is -1.64. The van der Waals surface area contributed by atoms with Gasteiger partial charge in [0.05, 0.1) is 4.90 Å². The van der Waals surface area contributed by atoms with Crippen LogP contribution < -0.4 is 10.5 Å². The van der Waals surface area contributed by atoms with E-state index in [0.717, 1.165) is 5.56 Å². The number of sulfonamides is 1. The van der Waals surface area contributed by atoms with E-state index in [1.165, 1.54) is 12.1 Å². The maximum atomic E-state index is 11.7. The van der Waals surface area contributed by atoms with E-state index in [-0.39, 0.29) is 16.6 Å². The molecule has 0 aliphatic carbocycles. The molecule has 0 radical (unpaired) electrons. The van der Waals surface area contributed by atoms with Crippen molar-refractivity contribution < 1.29 is 17.6 Å². The molecule has 1 heterocycles. The van der Waals surface area contributed by atoms with Crippen LogP contribution in [0.5, 0.6) is 0 Å². The van der Waals surface area contributed by atoms with Crippen molar-refractivity contribution in [1.82, 2.24) is 5.32 Å². The molecule has 1 aromatic carbocycles. The van der Waals surface area contributed by atoms with E-state index in [1.807, 2.05) is 0 Å². The molecule has 0 saturated carbocycles. The number of benzene rings is 1. The van der Waals surface area contributed by atoms with Crippen molar-refractivity contribution in [2.75, 3.05) is 6.54 Å². The Balaban J connectivity index is 1.88. The molecule has 1 amide bonds. The van der Waals surface area contributed by atoms with E-state index < -0.39 is 10.0 Å². The zero-order chi connectivity index (χ0) is 15.5. The van der Waals surface area contributed by atoms with Gasteiger partial charge in [0.25, 0.3) is 5.91 Å². The van der Waals surface area contributed by atoms with Crippen LogP contribution in [0.1, 0.15) is 16.1 Å². The monoisotopic (exact) mass is 372 g/mol. The number of carbonyl (C=O) groups is 1. The molecule has 0 spiro atoms. The normalized spacial score (nSPS) is 11.3. The van der Waals surface area contributed by atoms with E-state index in [1.54, 1.807) is 24.3 Å². The number of nitrogens with one attached hydrogen (secondary N) is 1. The van der Waals surface area contributed by atoms with Crippen molar-refractivity contribution in [2.45, 2.75) is 11.3 Å². The average Bonchev–Trinajstić information content (AvgIpc) is 2.85. The smallest absolute Gasteiger partial charge is 0.287 e. The maximum absolute atomic E-state index is 11.7. The van der Waals surface area contributed by atoms with Gasteiger partial charge in [-0.1, -0.05) is 12.1 Å². The number of halogens is 1. The molecule has 0 aliphatic rings. The minimum absolute atomic E-state index is 0.0655. The first-order valence-electron chi connectivity index (χ1n) is 6.01. The minimum atomic E-state index is -3.67. The third-order valence-electron chi connectivity index (χ3n) is 2.75. The highest BCUT2D eigenvalue weighted by atomic mass is 79.9. The molecule has 0 aliphatic heterocycles. The first kappa shape index (κ1) is 15.7. The number of hydrogen-bond acceptors (Lipinski definition) is 4. The van der Waals surface area contributed by atoms with Crippen LogP contribution >= 0.6 is 15.9 Å². The standard InChI is InChI=1S/C13H13BrN2O4S/c14-12-6-5-11(20-12)13(17)16-8-7-9-1-3-10(4-2-9)21(15,18)19/h1-6H,7-8H2,(H,16,17)(H2,15,18,19). The molecule has 0 atom stereocenters. The topological polar surface area (TPSA) is 102 Å². The van der Waals surface area contributed by atoms with Gasteiger partial charge in [-0.05, 0) is 52.2 Å². The van der Waals surface area contributed by atoms with Gasteiger partial charge in [0, 0.05) is 6.54 Å². The zero-order valence-electron chi connectivity index (χ0n) is 10.9. The lowest BCUT2D eigenvalue weighted by Crippen LogP contribution is -2.25. The van der Waals surface area contributed by atoms with E-state index in [0.29, 0.717) is 17.6 Å². The number of nitrogens with two attached hydrogens (primary N) is 1. The molecule has 2 rings (SSSR count). The van der Waals surface area contributed by atoms with Crippen molar-refractivity contribution in [1.29, 1.82) is 0 Å². The highest BCUT2D eigenvalue weighted by molar-refractivity contribution is 9.10. The third-order valence-corrected chi connectivity index (χ3v) is 4.10. The Labute approximate surface area is 130 Å². The molecular weight excluding hydrogens is 360 g/mol. The Kier molecular flexibility index (Phi) is 4.81. The predicted octanol–water partition coefficient (Wildman–Crippen LogP) is 1.66. The summed E-state index contributed by atoms with van der Waals surface area (Å²) in [6, 6.07) is 9.41. The first-order valence-corrected chi connectivity index (χ1v) is 8.35. The molecule has 21 heavy (non-hydrogen) atoms. The summed E-state index contributed by atoms with van der Waals surface area (Å²) in [6.07, 6.45) is 0.568. The Morgan fingerprint density at radius 2 is 1.86 bits per heavy atom. The quantitative estimate of drug-likeness (QED) is 0.832. The molecule has 3 N–H and O–H groups in total. The van der Waals surface area contributed by atoms with Crippen LogP contribution in [0.15, 0.2) is 50.4 Å². The maximum Gasteiger partial charge on any atom is 0.287 e. The molecule has 1 aromatic heterocycles. The van der Waals surface area contributed by atoms with Crippen LogP contribution in [0.25, 0.3) is 0 Å². The molecule has 8 heteroatoms. The summed E-state index contributed by atoms with van der Waals surface area (Å²) in [4.78, 5) is 11.8. The van der Waals surface area contributed by atoms with E-state index in [2.05, 4.69) is 21.2 Å². The van der Waals surface area contributed by atoms with Crippen LogP contribution in [0, 0.1) is 0 Å².